The molecule has 1 aromatic rings. The summed E-state index contributed by atoms with van der Waals surface area (Å²) >= 11 is 3.05. The zero-order chi connectivity index (χ0) is 8.27. The first-order chi connectivity index (χ1) is 5.24. The molecular weight excluding hydrogens is 210 g/mol. The Kier molecular flexibility index (Phi) is 2.78. The highest BCUT2D eigenvalue weighted by atomic mass is 79.9. The molecule has 0 aromatic carbocycles. The lowest BCUT2D eigenvalue weighted by molar-refractivity contribution is 0.751. The first-order valence-electron chi connectivity index (χ1n) is 3.12. The van der Waals surface area contributed by atoms with Crippen molar-refractivity contribution in [1.82, 2.24) is 15.3 Å². The van der Waals surface area contributed by atoms with Gasteiger partial charge in [-0.1, -0.05) is 0 Å². The largest absolute Gasteiger partial charge is 0.313 e. The number of nitrogens with one attached hydrogen (secondary N) is 2. The predicted octanol–water partition coefficient (Wildman–Crippen LogP) is 0.252. The molecule has 0 aliphatic heterocycles. The van der Waals surface area contributed by atoms with Gasteiger partial charge in [0, 0.05) is 6.20 Å². The van der Waals surface area contributed by atoms with E-state index in [9.17, 15) is 4.79 Å². The molecule has 4 nitrogen and oxygen atoms in total. The van der Waals surface area contributed by atoms with Crippen LogP contribution in [0.3, 0.4) is 0 Å². The number of hydrogen-bond acceptors (Lipinski definition) is 3. The molecule has 0 fully saturated rings. The van der Waals surface area contributed by atoms with Gasteiger partial charge in [0.2, 0.25) is 0 Å². The average molecular weight is 218 g/mol. The first-order valence-corrected chi connectivity index (χ1v) is 3.91. The molecule has 5 heteroatoms. The minimum Gasteiger partial charge on any atom is -0.313 e. The SMILES string of the molecule is CNCc1ncc(Br)c(=O)[nH]1. The number of rotatable bonds is 2. The maximum Gasteiger partial charge on any atom is 0.265 e. The molecule has 0 spiro atoms. The highest BCUT2D eigenvalue weighted by Crippen LogP contribution is 1.97. The Morgan fingerprint density at radius 1 is 1.82 bits per heavy atom. The molecule has 0 saturated heterocycles. The van der Waals surface area contributed by atoms with Crippen LogP contribution in [0.15, 0.2) is 15.5 Å². The minimum atomic E-state index is -0.148. The molecule has 1 aromatic heterocycles. The second-order valence-electron chi connectivity index (χ2n) is 2.04. The zero-order valence-corrected chi connectivity index (χ0v) is 7.60. The number of H-pyrrole nitrogens is 1. The van der Waals surface area contributed by atoms with Crippen LogP contribution < -0.4 is 10.9 Å². The number of aromatic nitrogens is 2. The molecule has 0 unspecified atom stereocenters. The zero-order valence-electron chi connectivity index (χ0n) is 6.02. The van der Waals surface area contributed by atoms with Crippen molar-refractivity contribution in [3.05, 3.63) is 26.8 Å². The van der Waals surface area contributed by atoms with Crippen molar-refractivity contribution < 1.29 is 0 Å². The monoisotopic (exact) mass is 217 g/mol. The lowest BCUT2D eigenvalue weighted by atomic mass is 10.5. The van der Waals surface area contributed by atoms with Crippen molar-refractivity contribution in [3.8, 4) is 0 Å². The fraction of sp³-hybridized carbons (Fsp3) is 0.333. The van der Waals surface area contributed by atoms with Gasteiger partial charge in [0.05, 0.1) is 6.54 Å². The Balaban J connectivity index is 2.96. The van der Waals surface area contributed by atoms with Crippen LogP contribution in [0.1, 0.15) is 5.82 Å². The van der Waals surface area contributed by atoms with Crippen molar-refractivity contribution in [1.29, 1.82) is 0 Å². The molecule has 2 N–H and O–H groups in total. The third-order valence-corrected chi connectivity index (χ3v) is 1.72. The molecule has 1 heterocycles. The van der Waals surface area contributed by atoms with Crippen LogP contribution in [-0.4, -0.2) is 17.0 Å². The quantitative estimate of drug-likeness (QED) is 0.748. The van der Waals surface area contributed by atoms with E-state index in [4.69, 9.17) is 0 Å². The lowest BCUT2D eigenvalue weighted by Crippen LogP contribution is -2.16. The maximum absolute atomic E-state index is 10.9. The van der Waals surface area contributed by atoms with E-state index in [2.05, 4.69) is 31.2 Å². The minimum absolute atomic E-state index is 0.148. The van der Waals surface area contributed by atoms with Crippen LogP contribution in [-0.2, 0) is 6.54 Å². The third kappa shape index (κ3) is 2.13. The van der Waals surface area contributed by atoms with Gasteiger partial charge in [0.1, 0.15) is 10.3 Å². The van der Waals surface area contributed by atoms with Crippen molar-refractivity contribution in [2.45, 2.75) is 6.54 Å². The van der Waals surface area contributed by atoms with E-state index in [1.54, 1.807) is 7.05 Å². The van der Waals surface area contributed by atoms with Crippen molar-refractivity contribution in [2.75, 3.05) is 7.05 Å². The molecule has 0 aliphatic rings. The molecule has 0 saturated carbocycles. The van der Waals surface area contributed by atoms with Gasteiger partial charge in [0.25, 0.3) is 5.56 Å². The summed E-state index contributed by atoms with van der Waals surface area (Å²) in [6.07, 6.45) is 1.49. The van der Waals surface area contributed by atoms with Crippen LogP contribution >= 0.6 is 15.9 Å². The van der Waals surface area contributed by atoms with Gasteiger partial charge in [-0.15, -0.1) is 0 Å². The molecule has 1 rings (SSSR count). The second-order valence-corrected chi connectivity index (χ2v) is 2.89. The maximum atomic E-state index is 10.9. The van der Waals surface area contributed by atoms with E-state index >= 15 is 0 Å². The second kappa shape index (κ2) is 3.64. The van der Waals surface area contributed by atoms with E-state index in [0.717, 1.165) is 0 Å². The summed E-state index contributed by atoms with van der Waals surface area (Å²) in [5, 5.41) is 2.88. The van der Waals surface area contributed by atoms with Gasteiger partial charge < -0.3 is 10.3 Å². The number of halogens is 1. The summed E-state index contributed by atoms with van der Waals surface area (Å²) in [7, 11) is 1.79. The molecule has 11 heavy (non-hydrogen) atoms. The van der Waals surface area contributed by atoms with Gasteiger partial charge in [0.15, 0.2) is 0 Å². The molecule has 0 amide bonds. The normalized spacial score (nSPS) is 10.0. The topological polar surface area (TPSA) is 57.8 Å². The number of aromatic amines is 1. The number of hydrogen-bond donors (Lipinski definition) is 2. The Hall–Kier alpha value is -0.680. The van der Waals surface area contributed by atoms with Gasteiger partial charge in [-0.05, 0) is 23.0 Å². The fourth-order valence-electron chi connectivity index (χ4n) is 0.674. The van der Waals surface area contributed by atoms with Crippen LogP contribution in [0.2, 0.25) is 0 Å². The van der Waals surface area contributed by atoms with Crippen LogP contribution in [0.25, 0.3) is 0 Å². The highest BCUT2D eigenvalue weighted by molar-refractivity contribution is 9.10. The fourth-order valence-corrected chi connectivity index (χ4v) is 0.875. The Bertz CT molecular complexity index is 296. The van der Waals surface area contributed by atoms with E-state index < -0.39 is 0 Å². The average Bonchev–Trinajstić information content (AvgIpc) is 1.98. The van der Waals surface area contributed by atoms with Crippen molar-refractivity contribution in [2.24, 2.45) is 0 Å². The van der Waals surface area contributed by atoms with E-state index in [1.165, 1.54) is 6.20 Å². The van der Waals surface area contributed by atoms with Gasteiger partial charge in [-0.25, -0.2) is 4.98 Å². The molecule has 60 valence electrons. The Morgan fingerprint density at radius 3 is 3.09 bits per heavy atom. The third-order valence-electron chi connectivity index (χ3n) is 1.15. The smallest absolute Gasteiger partial charge is 0.265 e. The van der Waals surface area contributed by atoms with Gasteiger partial charge >= 0.3 is 0 Å². The summed E-state index contributed by atoms with van der Waals surface area (Å²) in [6.45, 7) is 0.572. The number of nitrogens with zero attached hydrogens (tertiary/aromatic N) is 1. The first kappa shape index (κ1) is 8.42. The molecular formula is C6H8BrN3O. The summed E-state index contributed by atoms with van der Waals surface area (Å²) in [5.74, 6) is 0.640. The van der Waals surface area contributed by atoms with Gasteiger partial charge in [-0.2, -0.15) is 0 Å². The molecule has 0 radical (unpaired) electrons. The van der Waals surface area contributed by atoms with E-state index in [-0.39, 0.29) is 5.56 Å². The lowest BCUT2D eigenvalue weighted by Gasteiger charge is -1.97. The highest BCUT2D eigenvalue weighted by Gasteiger charge is 1.96. The van der Waals surface area contributed by atoms with E-state index in [1.807, 2.05) is 0 Å². The molecule has 0 aliphatic carbocycles. The van der Waals surface area contributed by atoms with Crippen molar-refractivity contribution >= 4 is 15.9 Å². The van der Waals surface area contributed by atoms with Crippen LogP contribution in [0.5, 0.6) is 0 Å². The summed E-state index contributed by atoms with van der Waals surface area (Å²) in [6, 6.07) is 0. The van der Waals surface area contributed by atoms with E-state index in [0.29, 0.717) is 16.8 Å². The predicted molar refractivity (Wildman–Crippen MR) is 45.3 cm³/mol. The molecule has 0 atom stereocenters. The van der Waals surface area contributed by atoms with Crippen molar-refractivity contribution in [3.63, 3.8) is 0 Å². The van der Waals surface area contributed by atoms with Crippen LogP contribution in [0, 0.1) is 0 Å². The van der Waals surface area contributed by atoms with Crippen LogP contribution in [0.4, 0.5) is 0 Å². The summed E-state index contributed by atoms with van der Waals surface area (Å²) < 4.78 is 0.456. The Morgan fingerprint density at radius 2 is 2.55 bits per heavy atom. The Labute approximate surface area is 72.2 Å². The summed E-state index contributed by atoms with van der Waals surface area (Å²) in [4.78, 5) is 17.5. The summed E-state index contributed by atoms with van der Waals surface area (Å²) in [5.41, 5.74) is -0.148. The molecule has 0 bridgehead atoms. The standard InChI is InChI=1S/C6H8BrN3O/c1-8-3-5-9-2-4(7)6(11)10-5/h2,8H,3H2,1H3,(H,9,10,11). The van der Waals surface area contributed by atoms with Gasteiger partial charge in [-0.3, -0.25) is 4.79 Å².